The summed E-state index contributed by atoms with van der Waals surface area (Å²) in [6.07, 6.45) is 3.32. The number of aromatic amines is 1. The van der Waals surface area contributed by atoms with E-state index < -0.39 is 5.97 Å². The van der Waals surface area contributed by atoms with Crippen LogP contribution in [0.3, 0.4) is 0 Å². The third-order valence-electron chi connectivity index (χ3n) is 2.90. The van der Waals surface area contributed by atoms with E-state index in [1.165, 1.54) is 11.3 Å². The van der Waals surface area contributed by atoms with Crippen LogP contribution in [0.15, 0.2) is 34.7 Å². The van der Waals surface area contributed by atoms with Crippen molar-refractivity contribution in [1.82, 2.24) is 15.0 Å². The van der Waals surface area contributed by atoms with Crippen molar-refractivity contribution in [3.05, 3.63) is 46.1 Å². The quantitative estimate of drug-likeness (QED) is 0.750. The van der Waals surface area contributed by atoms with Crippen LogP contribution in [0, 0.1) is 0 Å². The highest BCUT2D eigenvalue weighted by atomic mass is 32.1. The van der Waals surface area contributed by atoms with Gasteiger partial charge in [0, 0.05) is 23.3 Å². The molecule has 0 bridgehead atoms. The van der Waals surface area contributed by atoms with Crippen LogP contribution in [-0.2, 0) is 4.74 Å². The molecular formula is C14H11N3O3S. The Kier molecular flexibility index (Phi) is 3.49. The third-order valence-corrected chi connectivity index (χ3v) is 3.78. The van der Waals surface area contributed by atoms with Gasteiger partial charge in [-0.15, -0.1) is 11.3 Å². The van der Waals surface area contributed by atoms with E-state index in [2.05, 4.69) is 15.0 Å². The number of hydrogen-bond acceptors (Lipinski definition) is 6. The van der Waals surface area contributed by atoms with Crippen molar-refractivity contribution in [3.8, 4) is 11.1 Å². The van der Waals surface area contributed by atoms with Gasteiger partial charge in [0.1, 0.15) is 4.83 Å². The maximum absolute atomic E-state index is 12.3. The summed E-state index contributed by atoms with van der Waals surface area (Å²) in [5.74, 6) is -0.701. The molecule has 0 aliphatic rings. The van der Waals surface area contributed by atoms with E-state index in [0.29, 0.717) is 10.2 Å². The zero-order valence-electron chi connectivity index (χ0n) is 11.1. The van der Waals surface area contributed by atoms with Crippen LogP contribution in [-0.4, -0.2) is 27.5 Å². The fraction of sp³-hybridized carbons (Fsp3) is 0.143. The van der Waals surface area contributed by atoms with Gasteiger partial charge in [0.2, 0.25) is 5.82 Å². The summed E-state index contributed by atoms with van der Waals surface area (Å²) in [6.45, 7) is 1.93. The zero-order valence-corrected chi connectivity index (χ0v) is 11.9. The van der Waals surface area contributed by atoms with Gasteiger partial charge < -0.3 is 9.72 Å². The summed E-state index contributed by atoms with van der Waals surface area (Å²) >= 11 is 1.31. The Bertz CT molecular complexity index is 855. The van der Waals surface area contributed by atoms with Gasteiger partial charge in [-0.25, -0.2) is 9.78 Å². The first-order chi connectivity index (χ1) is 10.2. The van der Waals surface area contributed by atoms with Gasteiger partial charge in [-0.3, -0.25) is 9.78 Å². The van der Waals surface area contributed by atoms with Crippen molar-refractivity contribution in [2.24, 2.45) is 0 Å². The van der Waals surface area contributed by atoms with Crippen molar-refractivity contribution in [1.29, 1.82) is 0 Å². The molecule has 3 rings (SSSR count). The minimum atomic E-state index is -0.629. The average Bonchev–Trinajstić information content (AvgIpc) is 2.93. The number of H-pyrrole nitrogens is 1. The zero-order chi connectivity index (χ0) is 14.8. The van der Waals surface area contributed by atoms with Gasteiger partial charge in [-0.1, -0.05) is 0 Å². The van der Waals surface area contributed by atoms with Gasteiger partial charge in [0.15, 0.2) is 0 Å². The number of aromatic nitrogens is 3. The van der Waals surface area contributed by atoms with Gasteiger partial charge in [0.25, 0.3) is 5.56 Å². The van der Waals surface area contributed by atoms with Crippen molar-refractivity contribution in [2.45, 2.75) is 6.92 Å². The molecule has 0 aliphatic heterocycles. The number of carbonyl (C=O) groups excluding carboxylic acids is 1. The highest BCUT2D eigenvalue weighted by molar-refractivity contribution is 7.17. The number of esters is 1. The molecule has 3 heterocycles. The molecule has 0 amide bonds. The average molecular weight is 301 g/mol. The number of rotatable bonds is 3. The molecule has 3 aromatic heterocycles. The molecule has 0 atom stereocenters. The van der Waals surface area contributed by atoms with E-state index in [1.54, 1.807) is 19.3 Å². The topological polar surface area (TPSA) is 84.9 Å². The molecular weight excluding hydrogens is 290 g/mol. The van der Waals surface area contributed by atoms with E-state index in [4.69, 9.17) is 4.74 Å². The second-order valence-corrected chi connectivity index (χ2v) is 5.06. The summed E-state index contributed by atoms with van der Waals surface area (Å²) in [4.78, 5) is 35.0. The molecule has 0 saturated heterocycles. The van der Waals surface area contributed by atoms with Crippen LogP contribution in [0.1, 0.15) is 17.5 Å². The molecule has 0 radical (unpaired) electrons. The SMILES string of the molecule is CCOC(=O)c1nc2scc(-c3ccncc3)c2c(=O)[nH]1. The van der Waals surface area contributed by atoms with Crippen molar-refractivity contribution in [3.63, 3.8) is 0 Å². The second kappa shape index (κ2) is 5.45. The molecule has 1 N–H and O–H groups in total. The monoisotopic (exact) mass is 301 g/mol. The van der Waals surface area contributed by atoms with Crippen LogP contribution in [0.5, 0.6) is 0 Å². The number of hydrogen-bond donors (Lipinski definition) is 1. The minimum Gasteiger partial charge on any atom is -0.460 e. The van der Waals surface area contributed by atoms with Crippen LogP contribution in [0.4, 0.5) is 0 Å². The highest BCUT2D eigenvalue weighted by Crippen LogP contribution is 2.30. The van der Waals surface area contributed by atoms with Crippen molar-refractivity contribution in [2.75, 3.05) is 6.61 Å². The Labute approximate surface area is 123 Å². The number of nitrogens with zero attached hydrogens (tertiary/aromatic N) is 2. The summed E-state index contributed by atoms with van der Waals surface area (Å²) in [7, 11) is 0. The van der Waals surface area contributed by atoms with E-state index in [1.807, 2.05) is 17.5 Å². The number of ether oxygens (including phenoxy) is 1. The minimum absolute atomic E-state index is 0.0718. The molecule has 0 saturated carbocycles. The van der Waals surface area contributed by atoms with E-state index >= 15 is 0 Å². The largest absolute Gasteiger partial charge is 0.460 e. The van der Waals surface area contributed by atoms with Crippen molar-refractivity contribution < 1.29 is 9.53 Å². The molecule has 7 heteroatoms. The summed E-state index contributed by atoms with van der Waals surface area (Å²) < 4.78 is 4.85. The van der Waals surface area contributed by atoms with Crippen molar-refractivity contribution >= 4 is 27.5 Å². The van der Waals surface area contributed by atoms with Crippen LogP contribution in [0.2, 0.25) is 0 Å². The Hall–Kier alpha value is -2.54. The fourth-order valence-corrected chi connectivity index (χ4v) is 2.94. The van der Waals surface area contributed by atoms with Gasteiger partial charge in [0.05, 0.1) is 12.0 Å². The molecule has 6 nitrogen and oxygen atoms in total. The lowest BCUT2D eigenvalue weighted by molar-refractivity contribution is 0.0512. The molecule has 0 unspecified atom stereocenters. The Morgan fingerprint density at radius 2 is 2.14 bits per heavy atom. The maximum atomic E-state index is 12.3. The smallest absolute Gasteiger partial charge is 0.374 e. The standard InChI is InChI=1S/C14H11N3O3S/c1-2-20-14(19)11-16-12(18)10-9(7-21-13(10)17-11)8-3-5-15-6-4-8/h3-7H,2H2,1H3,(H,16,17,18). The summed E-state index contributed by atoms with van der Waals surface area (Å²) in [5.41, 5.74) is 1.31. The van der Waals surface area contributed by atoms with Crippen LogP contribution < -0.4 is 5.56 Å². The fourth-order valence-electron chi connectivity index (χ4n) is 1.99. The first kappa shape index (κ1) is 13.4. The molecule has 21 heavy (non-hydrogen) atoms. The van der Waals surface area contributed by atoms with E-state index in [0.717, 1.165) is 11.1 Å². The maximum Gasteiger partial charge on any atom is 0.374 e. The normalized spacial score (nSPS) is 10.7. The van der Waals surface area contributed by atoms with Gasteiger partial charge >= 0.3 is 5.97 Å². The number of carbonyl (C=O) groups is 1. The lowest BCUT2D eigenvalue weighted by atomic mass is 10.1. The van der Waals surface area contributed by atoms with Crippen LogP contribution in [0.25, 0.3) is 21.3 Å². The molecule has 0 aromatic carbocycles. The molecule has 0 fully saturated rings. The summed E-state index contributed by atoms with van der Waals surface area (Å²) in [6, 6.07) is 3.64. The molecule has 0 spiro atoms. The third kappa shape index (κ3) is 2.43. The Morgan fingerprint density at radius 1 is 1.38 bits per heavy atom. The highest BCUT2D eigenvalue weighted by Gasteiger charge is 2.16. The predicted molar refractivity (Wildman–Crippen MR) is 79.4 cm³/mol. The van der Waals surface area contributed by atoms with Gasteiger partial charge in [-0.2, -0.15) is 0 Å². The Balaban J connectivity index is 2.16. The van der Waals surface area contributed by atoms with E-state index in [-0.39, 0.29) is 18.0 Å². The molecule has 106 valence electrons. The summed E-state index contributed by atoms with van der Waals surface area (Å²) in [5, 5.41) is 2.32. The first-order valence-corrected chi connectivity index (χ1v) is 7.17. The van der Waals surface area contributed by atoms with Crippen LogP contribution >= 0.6 is 11.3 Å². The predicted octanol–water partition coefficient (Wildman–Crippen LogP) is 2.22. The number of nitrogens with one attached hydrogen (secondary N) is 1. The number of pyridine rings is 1. The Morgan fingerprint density at radius 3 is 2.86 bits per heavy atom. The number of thiophene rings is 1. The second-order valence-electron chi connectivity index (χ2n) is 4.20. The lowest BCUT2D eigenvalue weighted by Gasteiger charge is -2.01. The first-order valence-electron chi connectivity index (χ1n) is 6.29. The lowest BCUT2D eigenvalue weighted by Crippen LogP contribution is -2.17. The molecule has 0 aliphatic carbocycles. The number of fused-ring (bicyclic) bond motifs is 1. The van der Waals surface area contributed by atoms with Gasteiger partial charge in [-0.05, 0) is 24.6 Å². The van der Waals surface area contributed by atoms with E-state index in [9.17, 15) is 9.59 Å². The molecule has 3 aromatic rings.